The minimum Gasteiger partial charge on any atom is -0.383 e. The second-order valence-electron chi connectivity index (χ2n) is 4.60. The Labute approximate surface area is 117 Å². The van der Waals surface area contributed by atoms with Crippen molar-refractivity contribution in [1.82, 2.24) is 4.90 Å². The minimum atomic E-state index is -0.208. The average molecular weight is 266 g/mol. The number of carbonyl (C=O) groups is 2. The van der Waals surface area contributed by atoms with Crippen molar-refractivity contribution in [1.29, 1.82) is 0 Å². The number of para-hydroxylation sites is 1. The first-order valence-corrected chi connectivity index (χ1v) is 6.51. The maximum Gasteiger partial charge on any atom is 0.261 e. The molecule has 100 valence electrons. The Kier molecular flexibility index (Phi) is 3.21. The molecule has 0 spiro atoms. The molecule has 20 heavy (non-hydrogen) atoms. The van der Waals surface area contributed by atoms with Gasteiger partial charge < -0.3 is 5.32 Å². The Morgan fingerprint density at radius 1 is 0.800 bits per heavy atom. The number of benzene rings is 2. The molecule has 2 aromatic carbocycles. The molecule has 0 atom stereocenters. The highest BCUT2D eigenvalue weighted by Crippen LogP contribution is 2.21. The number of hydrogen-bond donors (Lipinski definition) is 1. The first kappa shape index (κ1) is 12.4. The number of nitrogens with one attached hydrogen (secondary N) is 1. The highest BCUT2D eigenvalue weighted by atomic mass is 16.2. The maximum absolute atomic E-state index is 12.1. The van der Waals surface area contributed by atoms with Crippen LogP contribution in [0.5, 0.6) is 0 Å². The summed E-state index contributed by atoms with van der Waals surface area (Å²) in [6.07, 6.45) is 0. The monoisotopic (exact) mass is 266 g/mol. The minimum absolute atomic E-state index is 0.208. The van der Waals surface area contributed by atoms with E-state index in [1.54, 1.807) is 24.3 Å². The summed E-state index contributed by atoms with van der Waals surface area (Å²) < 4.78 is 0. The summed E-state index contributed by atoms with van der Waals surface area (Å²) in [7, 11) is 0. The van der Waals surface area contributed by atoms with Gasteiger partial charge in [0.15, 0.2) is 0 Å². The molecular weight excluding hydrogens is 252 g/mol. The first-order chi connectivity index (χ1) is 9.77. The van der Waals surface area contributed by atoms with Crippen LogP contribution in [0.2, 0.25) is 0 Å². The molecule has 0 saturated carbocycles. The molecule has 1 aliphatic heterocycles. The highest BCUT2D eigenvalue weighted by Gasteiger charge is 2.34. The van der Waals surface area contributed by atoms with E-state index >= 15 is 0 Å². The molecule has 1 N–H and O–H groups in total. The lowest BCUT2D eigenvalue weighted by Crippen LogP contribution is -2.34. The van der Waals surface area contributed by atoms with Crippen molar-refractivity contribution in [3.63, 3.8) is 0 Å². The third-order valence-electron chi connectivity index (χ3n) is 3.32. The third kappa shape index (κ3) is 2.16. The number of anilines is 1. The molecule has 0 unspecified atom stereocenters. The fourth-order valence-corrected chi connectivity index (χ4v) is 2.31. The summed E-state index contributed by atoms with van der Waals surface area (Å²) in [5.74, 6) is -0.416. The molecular formula is C16H14N2O2. The molecule has 1 aliphatic rings. The molecule has 1 heterocycles. The summed E-state index contributed by atoms with van der Waals surface area (Å²) in [6, 6.07) is 16.6. The number of imide groups is 1. The van der Waals surface area contributed by atoms with Crippen LogP contribution in [0.4, 0.5) is 5.69 Å². The van der Waals surface area contributed by atoms with Gasteiger partial charge in [-0.2, -0.15) is 0 Å². The van der Waals surface area contributed by atoms with Crippen LogP contribution in [0.25, 0.3) is 0 Å². The zero-order valence-electron chi connectivity index (χ0n) is 10.9. The largest absolute Gasteiger partial charge is 0.383 e. The van der Waals surface area contributed by atoms with E-state index in [4.69, 9.17) is 0 Å². The molecule has 0 aliphatic carbocycles. The molecule has 0 fully saturated rings. The van der Waals surface area contributed by atoms with Gasteiger partial charge in [-0.25, -0.2) is 0 Å². The van der Waals surface area contributed by atoms with Crippen LogP contribution >= 0.6 is 0 Å². The summed E-state index contributed by atoms with van der Waals surface area (Å²) in [4.78, 5) is 25.5. The molecule has 0 bridgehead atoms. The lowest BCUT2D eigenvalue weighted by atomic mass is 10.1. The highest BCUT2D eigenvalue weighted by molar-refractivity contribution is 6.21. The van der Waals surface area contributed by atoms with Gasteiger partial charge in [-0.05, 0) is 24.3 Å². The molecule has 4 heteroatoms. The molecule has 2 aromatic rings. The van der Waals surface area contributed by atoms with Gasteiger partial charge in [-0.15, -0.1) is 0 Å². The van der Waals surface area contributed by atoms with Gasteiger partial charge in [-0.3, -0.25) is 14.5 Å². The molecule has 4 nitrogen and oxygen atoms in total. The van der Waals surface area contributed by atoms with Gasteiger partial charge in [0.1, 0.15) is 0 Å². The van der Waals surface area contributed by atoms with Crippen molar-refractivity contribution < 1.29 is 9.59 Å². The van der Waals surface area contributed by atoms with Crippen LogP contribution in [-0.2, 0) is 0 Å². The van der Waals surface area contributed by atoms with Gasteiger partial charge in [0.05, 0.1) is 11.1 Å². The van der Waals surface area contributed by atoms with Gasteiger partial charge in [0.25, 0.3) is 11.8 Å². The second-order valence-corrected chi connectivity index (χ2v) is 4.60. The first-order valence-electron chi connectivity index (χ1n) is 6.51. The fraction of sp³-hybridized carbons (Fsp3) is 0.125. The van der Waals surface area contributed by atoms with E-state index in [0.717, 1.165) is 5.69 Å². The lowest BCUT2D eigenvalue weighted by molar-refractivity contribution is 0.0660. The zero-order valence-corrected chi connectivity index (χ0v) is 10.9. The van der Waals surface area contributed by atoms with Crippen molar-refractivity contribution >= 4 is 17.5 Å². The van der Waals surface area contributed by atoms with E-state index in [1.807, 2.05) is 30.3 Å². The van der Waals surface area contributed by atoms with E-state index in [2.05, 4.69) is 5.32 Å². The van der Waals surface area contributed by atoms with Crippen LogP contribution in [0.1, 0.15) is 20.7 Å². The SMILES string of the molecule is O=C1c2ccccc2C(=O)N1CCNc1ccccc1. The Morgan fingerprint density at radius 2 is 1.35 bits per heavy atom. The smallest absolute Gasteiger partial charge is 0.261 e. The van der Waals surface area contributed by atoms with Crippen molar-refractivity contribution in [2.75, 3.05) is 18.4 Å². The van der Waals surface area contributed by atoms with E-state index in [0.29, 0.717) is 24.2 Å². The van der Waals surface area contributed by atoms with Crippen molar-refractivity contribution in [2.45, 2.75) is 0 Å². The normalized spacial score (nSPS) is 13.5. The Balaban J connectivity index is 1.65. The molecule has 2 amide bonds. The van der Waals surface area contributed by atoms with E-state index in [9.17, 15) is 9.59 Å². The number of rotatable bonds is 4. The third-order valence-corrected chi connectivity index (χ3v) is 3.32. The summed E-state index contributed by atoms with van der Waals surface area (Å²) in [5, 5.41) is 3.19. The fourth-order valence-electron chi connectivity index (χ4n) is 2.31. The van der Waals surface area contributed by atoms with Crippen molar-refractivity contribution in [3.05, 3.63) is 65.7 Å². The van der Waals surface area contributed by atoms with Gasteiger partial charge in [-0.1, -0.05) is 30.3 Å². The van der Waals surface area contributed by atoms with E-state index in [1.165, 1.54) is 4.90 Å². The Morgan fingerprint density at radius 3 is 1.95 bits per heavy atom. The standard InChI is InChI=1S/C16H14N2O2/c19-15-13-8-4-5-9-14(13)16(20)18(15)11-10-17-12-6-2-1-3-7-12/h1-9,17H,10-11H2. The molecule has 0 aromatic heterocycles. The van der Waals surface area contributed by atoms with Crippen LogP contribution in [0.3, 0.4) is 0 Å². The molecule has 0 radical (unpaired) electrons. The number of nitrogens with zero attached hydrogens (tertiary/aromatic N) is 1. The van der Waals surface area contributed by atoms with Crippen LogP contribution < -0.4 is 5.32 Å². The predicted molar refractivity (Wildman–Crippen MR) is 76.7 cm³/mol. The number of carbonyl (C=O) groups excluding carboxylic acids is 2. The number of fused-ring (bicyclic) bond motifs is 1. The molecule has 0 saturated heterocycles. The van der Waals surface area contributed by atoms with Crippen molar-refractivity contribution in [2.24, 2.45) is 0 Å². The van der Waals surface area contributed by atoms with Crippen LogP contribution in [0.15, 0.2) is 54.6 Å². The summed E-state index contributed by atoms with van der Waals surface area (Å²) >= 11 is 0. The topological polar surface area (TPSA) is 49.4 Å². The zero-order chi connectivity index (χ0) is 13.9. The van der Waals surface area contributed by atoms with Gasteiger partial charge in [0, 0.05) is 18.8 Å². The Hall–Kier alpha value is -2.62. The van der Waals surface area contributed by atoms with Gasteiger partial charge >= 0.3 is 0 Å². The van der Waals surface area contributed by atoms with Crippen LogP contribution in [0, 0.1) is 0 Å². The maximum atomic E-state index is 12.1. The quantitative estimate of drug-likeness (QED) is 0.864. The lowest BCUT2D eigenvalue weighted by Gasteiger charge is -2.14. The van der Waals surface area contributed by atoms with Crippen molar-refractivity contribution in [3.8, 4) is 0 Å². The Bertz CT molecular complexity index is 618. The average Bonchev–Trinajstić information content (AvgIpc) is 2.74. The van der Waals surface area contributed by atoms with Gasteiger partial charge in [0.2, 0.25) is 0 Å². The summed E-state index contributed by atoms with van der Waals surface area (Å²) in [5.41, 5.74) is 1.97. The summed E-state index contributed by atoms with van der Waals surface area (Å²) in [6.45, 7) is 0.900. The molecule has 3 rings (SSSR count). The van der Waals surface area contributed by atoms with E-state index in [-0.39, 0.29) is 11.8 Å². The number of amides is 2. The predicted octanol–water partition coefficient (Wildman–Crippen LogP) is 2.39. The van der Waals surface area contributed by atoms with E-state index < -0.39 is 0 Å². The number of hydrogen-bond acceptors (Lipinski definition) is 3. The second kappa shape index (κ2) is 5.17. The van der Waals surface area contributed by atoms with Crippen LogP contribution in [-0.4, -0.2) is 29.8 Å².